The molecule has 0 unspecified atom stereocenters. The molecular formula is C7H7ClN6O4S. The summed E-state index contributed by atoms with van der Waals surface area (Å²) in [4.78, 5) is 9.16. The van der Waals surface area contributed by atoms with Crippen molar-refractivity contribution >= 4 is 25.6 Å². The lowest BCUT2D eigenvalue weighted by molar-refractivity contribution is -0.392. The molecule has 0 saturated carbocycles. The highest BCUT2D eigenvalue weighted by molar-refractivity contribution is 8.13. The van der Waals surface area contributed by atoms with E-state index in [-0.39, 0.29) is 6.54 Å². The Morgan fingerprint density at radius 2 is 2.21 bits per heavy atom. The number of hydrogen-bond acceptors (Lipinski definition) is 7. The van der Waals surface area contributed by atoms with Gasteiger partial charge in [0.25, 0.3) is 9.05 Å². The quantitative estimate of drug-likeness (QED) is 0.438. The molecule has 2 rings (SSSR count). The van der Waals surface area contributed by atoms with Gasteiger partial charge in [0.2, 0.25) is 4.90 Å². The van der Waals surface area contributed by atoms with Crippen molar-refractivity contribution in [2.24, 2.45) is 7.05 Å². The summed E-state index contributed by atoms with van der Waals surface area (Å²) in [6.07, 6.45) is 2.42. The molecule has 10 nitrogen and oxygen atoms in total. The minimum atomic E-state index is -4.24. The summed E-state index contributed by atoms with van der Waals surface area (Å²) in [7, 11) is 2.55. The van der Waals surface area contributed by atoms with Crippen molar-refractivity contribution in [3.8, 4) is 0 Å². The van der Waals surface area contributed by atoms with E-state index in [0.29, 0.717) is 5.82 Å². The van der Waals surface area contributed by atoms with Crippen molar-refractivity contribution in [3.63, 3.8) is 0 Å². The van der Waals surface area contributed by atoms with Crippen molar-refractivity contribution < 1.29 is 13.3 Å². The van der Waals surface area contributed by atoms with Gasteiger partial charge in [0.1, 0.15) is 12.9 Å². The fourth-order valence-corrected chi connectivity index (χ4v) is 2.28. The number of rotatable bonds is 4. The molecule has 0 atom stereocenters. The summed E-state index contributed by atoms with van der Waals surface area (Å²) < 4.78 is 25.1. The van der Waals surface area contributed by atoms with Crippen LogP contribution in [0, 0.1) is 10.1 Å². The van der Waals surface area contributed by atoms with Gasteiger partial charge in [-0.2, -0.15) is 4.68 Å². The molecule has 0 saturated heterocycles. The zero-order valence-corrected chi connectivity index (χ0v) is 11.0. The summed E-state index contributed by atoms with van der Waals surface area (Å²) in [5.41, 5.74) is 0. The minimum Gasteiger partial charge on any atom is -0.358 e. The number of nitrogens with zero attached hydrogens (tertiary/aromatic N) is 6. The molecule has 0 N–H and O–H groups in total. The number of hydrogen-bond donors (Lipinski definition) is 0. The van der Waals surface area contributed by atoms with Gasteiger partial charge in [0.15, 0.2) is 5.82 Å². The smallest absolute Gasteiger partial charge is 0.358 e. The Morgan fingerprint density at radius 1 is 1.53 bits per heavy atom. The molecule has 12 heteroatoms. The highest BCUT2D eigenvalue weighted by Gasteiger charge is 2.30. The molecule has 0 aliphatic rings. The first-order valence-electron chi connectivity index (χ1n) is 4.78. The molecule has 102 valence electrons. The Morgan fingerprint density at radius 3 is 2.63 bits per heavy atom. The maximum absolute atomic E-state index is 11.2. The number of nitro groups is 1. The van der Waals surface area contributed by atoms with Gasteiger partial charge in [-0.25, -0.2) is 8.42 Å². The van der Waals surface area contributed by atoms with Crippen LogP contribution in [0.1, 0.15) is 5.82 Å². The fraction of sp³-hybridized carbons (Fsp3) is 0.286. The predicted octanol–water partition coefficient (Wildman–Crippen LogP) is -0.104. The summed E-state index contributed by atoms with van der Waals surface area (Å²) in [6.45, 7) is 0.0315. The molecular weight excluding hydrogens is 300 g/mol. The second-order valence-electron chi connectivity index (χ2n) is 3.57. The molecule has 2 heterocycles. The third-order valence-electron chi connectivity index (χ3n) is 2.25. The van der Waals surface area contributed by atoms with Gasteiger partial charge >= 0.3 is 5.82 Å². The number of halogens is 1. The normalized spacial score (nSPS) is 11.7. The minimum absolute atomic E-state index is 0.0315. The second kappa shape index (κ2) is 4.59. The largest absolute Gasteiger partial charge is 0.410 e. The summed E-state index contributed by atoms with van der Waals surface area (Å²) >= 11 is 0. The molecule has 0 aromatic carbocycles. The predicted molar refractivity (Wildman–Crippen MR) is 62.0 cm³/mol. The van der Waals surface area contributed by atoms with E-state index in [1.807, 2.05) is 0 Å². The van der Waals surface area contributed by atoms with Crippen LogP contribution >= 0.6 is 10.7 Å². The van der Waals surface area contributed by atoms with Gasteiger partial charge in [0, 0.05) is 17.7 Å². The molecule has 0 aliphatic heterocycles. The maximum Gasteiger partial charge on any atom is 0.410 e. The first kappa shape index (κ1) is 13.4. The molecule has 0 spiro atoms. The highest BCUT2D eigenvalue weighted by atomic mass is 35.7. The standard InChI is InChI=1S/C7H7ClN6O4S/c1-12-4-9-10-6(12)3-13-2-5(19(8,17)18)7(11-13)14(15)16/h2,4H,3H2,1H3. The van der Waals surface area contributed by atoms with Crippen molar-refractivity contribution in [3.05, 3.63) is 28.5 Å². The van der Waals surface area contributed by atoms with Gasteiger partial charge in [-0.15, -0.1) is 10.2 Å². The average molecular weight is 307 g/mol. The van der Waals surface area contributed by atoms with E-state index in [0.717, 1.165) is 10.9 Å². The molecule has 0 bridgehead atoms. The van der Waals surface area contributed by atoms with Crippen molar-refractivity contribution in [1.29, 1.82) is 0 Å². The number of aryl methyl sites for hydroxylation is 1. The van der Waals surface area contributed by atoms with E-state index >= 15 is 0 Å². The van der Waals surface area contributed by atoms with Crippen LogP contribution in [0.2, 0.25) is 0 Å². The van der Waals surface area contributed by atoms with E-state index in [9.17, 15) is 18.5 Å². The molecule has 0 amide bonds. The van der Waals surface area contributed by atoms with Gasteiger partial charge < -0.3 is 14.7 Å². The van der Waals surface area contributed by atoms with Crippen LogP contribution in [0.3, 0.4) is 0 Å². The zero-order chi connectivity index (χ0) is 14.2. The Bertz CT molecular complexity index is 735. The van der Waals surface area contributed by atoms with Crippen LogP contribution in [0.5, 0.6) is 0 Å². The Balaban J connectivity index is 2.44. The lowest BCUT2D eigenvalue weighted by Crippen LogP contribution is -2.06. The van der Waals surface area contributed by atoms with Crippen molar-refractivity contribution in [2.75, 3.05) is 0 Å². The molecule has 0 aliphatic carbocycles. The van der Waals surface area contributed by atoms with Crippen LogP contribution in [0.4, 0.5) is 5.82 Å². The van der Waals surface area contributed by atoms with Crippen LogP contribution in [-0.2, 0) is 22.6 Å². The number of aromatic nitrogens is 5. The van der Waals surface area contributed by atoms with E-state index in [4.69, 9.17) is 10.7 Å². The topological polar surface area (TPSA) is 126 Å². The monoisotopic (exact) mass is 306 g/mol. The Labute approximate surface area is 111 Å². The van der Waals surface area contributed by atoms with Gasteiger partial charge in [-0.1, -0.05) is 0 Å². The van der Waals surface area contributed by atoms with E-state index in [2.05, 4.69) is 15.3 Å². The first-order chi connectivity index (χ1) is 8.79. The lowest BCUT2D eigenvalue weighted by Gasteiger charge is -1.96. The molecule has 0 radical (unpaired) electrons. The zero-order valence-electron chi connectivity index (χ0n) is 9.46. The van der Waals surface area contributed by atoms with Gasteiger partial charge in [-0.05, 0) is 4.92 Å². The average Bonchev–Trinajstić information content (AvgIpc) is 2.86. The maximum atomic E-state index is 11.2. The molecule has 0 fully saturated rings. The fourth-order valence-electron chi connectivity index (χ4n) is 1.37. The molecule has 2 aromatic heterocycles. The highest BCUT2D eigenvalue weighted by Crippen LogP contribution is 2.25. The first-order valence-corrected chi connectivity index (χ1v) is 7.09. The summed E-state index contributed by atoms with van der Waals surface area (Å²) in [6, 6.07) is 0. The summed E-state index contributed by atoms with van der Waals surface area (Å²) in [5, 5.41) is 21.7. The Kier molecular flexibility index (Phi) is 3.24. The van der Waals surface area contributed by atoms with E-state index in [1.54, 1.807) is 11.6 Å². The van der Waals surface area contributed by atoms with Gasteiger partial charge in [0.05, 0.1) is 11.3 Å². The molecule has 19 heavy (non-hydrogen) atoms. The van der Waals surface area contributed by atoms with Crippen LogP contribution in [0.15, 0.2) is 17.4 Å². The lowest BCUT2D eigenvalue weighted by atomic mass is 10.6. The Hall–Kier alpha value is -2.01. The van der Waals surface area contributed by atoms with Crippen LogP contribution in [-0.4, -0.2) is 37.9 Å². The summed E-state index contributed by atoms with van der Waals surface area (Å²) in [5.74, 6) is -0.368. The van der Waals surface area contributed by atoms with Crippen molar-refractivity contribution in [2.45, 2.75) is 11.4 Å². The van der Waals surface area contributed by atoms with E-state index < -0.39 is 24.7 Å². The third-order valence-corrected chi connectivity index (χ3v) is 3.57. The second-order valence-corrected chi connectivity index (χ2v) is 6.10. The third kappa shape index (κ3) is 2.71. The van der Waals surface area contributed by atoms with E-state index in [1.165, 1.54) is 6.33 Å². The van der Waals surface area contributed by atoms with Crippen molar-refractivity contribution in [1.82, 2.24) is 24.5 Å². The van der Waals surface area contributed by atoms with Gasteiger partial charge in [-0.3, -0.25) is 0 Å². The SMILES string of the molecule is Cn1cnnc1Cn1cc(S(=O)(=O)Cl)c([N+](=O)[O-])n1. The van der Waals surface area contributed by atoms with Crippen LogP contribution in [0.25, 0.3) is 0 Å². The molecule has 2 aromatic rings. The van der Waals surface area contributed by atoms with Crippen LogP contribution < -0.4 is 0 Å².